The topological polar surface area (TPSA) is 35.2 Å². The number of ether oxygens (including phenoxy) is 1. The van der Waals surface area contributed by atoms with E-state index in [0.717, 1.165) is 11.7 Å². The molecule has 1 aliphatic rings. The van der Waals surface area contributed by atoms with Crippen molar-refractivity contribution in [2.24, 2.45) is 11.7 Å². The summed E-state index contributed by atoms with van der Waals surface area (Å²) in [7, 11) is 0. The van der Waals surface area contributed by atoms with Crippen LogP contribution in [-0.2, 0) is 6.54 Å². The number of hydrogen-bond donors (Lipinski definition) is 1. The molecular weight excluding hydrogens is 222 g/mol. The lowest BCUT2D eigenvalue weighted by molar-refractivity contribution is 0.0897. The van der Waals surface area contributed by atoms with Gasteiger partial charge in [-0.1, -0.05) is 25.5 Å². The first-order valence-corrected chi connectivity index (χ1v) is 7.20. The SMILES string of the molecule is CCC1CCCCC1Oc1ccc(CN)cc1C. The predicted molar refractivity (Wildman–Crippen MR) is 75.7 cm³/mol. The van der Waals surface area contributed by atoms with Crippen molar-refractivity contribution >= 4 is 0 Å². The van der Waals surface area contributed by atoms with Gasteiger partial charge in [-0.2, -0.15) is 0 Å². The lowest BCUT2D eigenvalue weighted by Crippen LogP contribution is -2.30. The summed E-state index contributed by atoms with van der Waals surface area (Å²) in [5, 5.41) is 0. The van der Waals surface area contributed by atoms with Gasteiger partial charge in [-0.15, -0.1) is 0 Å². The van der Waals surface area contributed by atoms with E-state index < -0.39 is 0 Å². The zero-order valence-corrected chi connectivity index (χ0v) is 11.6. The summed E-state index contributed by atoms with van der Waals surface area (Å²) in [6, 6.07) is 6.30. The van der Waals surface area contributed by atoms with Gasteiger partial charge in [0, 0.05) is 6.54 Å². The molecule has 1 aromatic rings. The molecule has 1 aromatic carbocycles. The van der Waals surface area contributed by atoms with Crippen LogP contribution in [0.2, 0.25) is 0 Å². The van der Waals surface area contributed by atoms with E-state index in [1.165, 1.54) is 43.2 Å². The summed E-state index contributed by atoms with van der Waals surface area (Å²) in [5.41, 5.74) is 8.04. The molecule has 0 heterocycles. The highest BCUT2D eigenvalue weighted by molar-refractivity contribution is 5.36. The summed E-state index contributed by atoms with van der Waals surface area (Å²) in [4.78, 5) is 0. The van der Waals surface area contributed by atoms with Gasteiger partial charge in [0.1, 0.15) is 11.9 Å². The van der Waals surface area contributed by atoms with E-state index in [4.69, 9.17) is 10.5 Å². The van der Waals surface area contributed by atoms with E-state index >= 15 is 0 Å². The Balaban J connectivity index is 2.07. The van der Waals surface area contributed by atoms with Gasteiger partial charge in [-0.25, -0.2) is 0 Å². The molecule has 0 bridgehead atoms. The summed E-state index contributed by atoms with van der Waals surface area (Å²) >= 11 is 0. The smallest absolute Gasteiger partial charge is 0.122 e. The Hall–Kier alpha value is -1.02. The summed E-state index contributed by atoms with van der Waals surface area (Å²) in [6.07, 6.45) is 6.83. The first kappa shape index (κ1) is 13.4. The van der Waals surface area contributed by atoms with Crippen LogP contribution in [0.15, 0.2) is 18.2 Å². The average Bonchev–Trinajstić information content (AvgIpc) is 2.41. The van der Waals surface area contributed by atoms with E-state index in [9.17, 15) is 0 Å². The molecule has 100 valence electrons. The third kappa shape index (κ3) is 3.05. The summed E-state index contributed by atoms with van der Waals surface area (Å²) in [5.74, 6) is 1.77. The molecule has 2 nitrogen and oxygen atoms in total. The highest BCUT2D eigenvalue weighted by atomic mass is 16.5. The van der Waals surface area contributed by atoms with Gasteiger partial charge >= 0.3 is 0 Å². The Labute approximate surface area is 111 Å². The van der Waals surface area contributed by atoms with Crippen molar-refractivity contribution in [3.63, 3.8) is 0 Å². The molecule has 2 N–H and O–H groups in total. The Morgan fingerprint density at radius 1 is 1.28 bits per heavy atom. The highest BCUT2D eigenvalue weighted by Crippen LogP contribution is 2.31. The highest BCUT2D eigenvalue weighted by Gasteiger charge is 2.25. The second kappa shape index (κ2) is 6.24. The number of benzene rings is 1. The standard InChI is InChI=1S/C16H25NO/c1-3-14-6-4-5-7-16(14)18-15-9-8-13(11-17)10-12(15)2/h8-10,14,16H,3-7,11,17H2,1-2H3. The van der Waals surface area contributed by atoms with E-state index in [-0.39, 0.29) is 0 Å². The van der Waals surface area contributed by atoms with Crippen molar-refractivity contribution in [2.75, 3.05) is 0 Å². The van der Waals surface area contributed by atoms with Crippen LogP contribution >= 0.6 is 0 Å². The van der Waals surface area contributed by atoms with E-state index in [1.807, 2.05) is 0 Å². The van der Waals surface area contributed by atoms with Crippen LogP contribution < -0.4 is 10.5 Å². The second-order valence-corrected chi connectivity index (χ2v) is 5.41. The second-order valence-electron chi connectivity index (χ2n) is 5.41. The quantitative estimate of drug-likeness (QED) is 0.878. The van der Waals surface area contributed by atoms with Gasteiger partial charge in [0.2, 0.25) is 0 Å². The fourth-order valence-electron chi connectivity index (χ4n) is 2.93. The molecule has 2 atom stereocenters. The van der Waals surface area contributed by atoms with Gasteiger partial charge in [0.05, 0.1) is 0 Å². The predicted octanol–water partition coefficient (Wildman–Crippen LogP) is 3.80. The van der Waals surface area contributed by atoms with Crippen molar-refractivity contribution in [3.05, 3.63) is 29.3 Å². The van der Waals surface area contributed by atoms with Gasteiger partial charge in [-0.3, -0.25) is 0 Å². The molecular formula is C16H25NO. The Bertz CT molecular complexity index is 389. The van der Waals surface area contributed by atoms with Crippen LogP contribution in [0.4, 0.5) is 0 Å². The third-order valence-electron chi connectivity index (χ3n) is 4.12. The maximum absolute atomic E-state index is 6.25. The van der Waals surface area contributed by atoms with E-state index in [1.54, 1.807) is 0 Å². The van der Waals surface area contributed by atoms with Gasteiger partial charge in [0.25, 0.3) is 0 Å². The molecule has 1 fully saturated rings. The molecule has 2 rings (SSSR count). The molecule has 2 unspecified atom stereocenters. The lowest BCUT2D eigenvalue weighted by Gasteiger charge is -2.31. The van der Waals surface area contributed by atoms with Crippen LogP contribution in [0.1, 0.15) is 50.2 Å². The molecule has 1 saturated carbocycles. The van der Waals surface area contributed by atoms with Crippen molar-refractivity contribution in [1.29, 1.82) is 0 Å². The van der Waals surface area contributed by atoms with Crippen molar-refractivity contribution in [1.82, 2.24) is 0 Å². The molecule has 18 heavy (non-hydrogen) atoms. The zero-order chi connectivity index (χ0) is 13.0. The summed E-state index contributed by atoms with van der Waals surface area (Å²) in [6.45, 7) is 4.98. The minimum absolute atomic E-state index is 0.408. The first-order chi connectivity index (χ1) is 8.74. The summed E-state index contributed by atoms with van der Waals surface area (Å²) < 4.78 is 6.25. The number of nitrogens with two attached hydrogens (primary N) is 1. The van der Waals surface area contributed by atoms with Crippen molar-refractivity contribution in [3.8, 4) is 5.75 Å². The maximum atomic E-state index is 6.25. The van der Waals surface area contributed by atoms with Crippen LogP contribution in [-0.4, -0.2) is 6.10 Å². The van der Waals surface area contributed by atoms with Gasteiger partial charge < -0.3 is 10.5 Å². The van der Waals surface area contributed by atoms with E-state index in [2.05, 4.69) is 32.0 Å². The zero-order valence-electron chi connectivity index (χ0n) is 11.6. The van der Waals surface area contributed by atoms with Crippen LogP contribution in [0.3, 0.4) is 0 Å². The lowest BCUT2D eigenvalue weighted by atomic mass is 9.84. The maximum Gasteiger partial charge on any atom is 0.122 e. The fourth-order valence-corrected chi connectivity index (χ4v) is 2.93. The Morgan fingerprint density at radius 2 is 2.06 bits per heavy atom. The molecule has 0 aromatic heterocycles. The molecule has 0 radical (unpaired) electrons. The van der Waals surface area contributed by atoms with Crippen LogP contribution in [0.5, 0.6) is 5.75 Å². The van der Waals surface area contributed by atoms with Crippen molar-refractivity contribution < 1.29 is 4.74 Å². The third-order valence-corrected chi connectivity index (χ3v) is 4.12. The number of hydrogen-bond acceptors (Lipinski definition) is 2. The minimum atomic E-state index is 0.408. The van der Waals surface area contributed by atoms with Crippen LogP contribution in [0, 0.1) is 12.8 Å². The fraction of sp³-hybridized carbons (Fsp3) is 0.625. The normalized spacial score (nSPS) is 23.9. The molecule has 0 aliphatic heterocycles. The molecule has 0 amide bonds. The van der Waals surface area contributed by atoms with Gasteiger partial charge in [0.15, 0.2) is 0 Å². The molecule has 2 heteroatoms. The first-order valence-electron chi connectivity index (χ1n) is 7.20. The number of aryl methyl sites for hydroxylation is 1. The average molecular weight is 247 g/mol. The monoisotopic (exact) mass is 247 g/mol. The Kier molecular flexibility index (Phi) is 4.65. The Morgan fingerprint density at radius 3 is 2.72 bits per heavy atom. The van der Waals surface area contributed by atoms with Crippen LogP contribution in [0.25, 0.3) is 0 Å². The van der Waals surface area contributed by atoms with Gasteiger partial charge in [-0.05, 0) is 55.7 Å². The van der Waals surface area contributed by atoms with E-state index in [0.29, 0.717) is 12.6 Å². The minimum Gasteiger partial charge on any atom is -0.490 e. The van der Waals surface area contributed by atoms with Crippen molar-refractivity contribution in [2.45, 2.75) is 58.6 Å². The molecule has 0 saturated heterocycles. The molecule has 1 aliphatic carbocycles. The number of rotatable bonds is 4. The largest absolute Gasteiger partial charge is 0.490 e. The molecule has 0 spiro atoms.